The van der Waals surface area contributed by atoms with Crippen molar-refractivity contribution in [2.24, 2.45) is 0 Å². The van der Waals surface area contributed by atoms with Crippen LogP contribution in [0.4, 0.5) is 10.1 Å². The van der Waals surface area contributed by atoms with Crippen LogP contribution in [0, 0.1) is 19.7 Å². The molecule has 0 aliphatic heterocycles. The maximum absolute atomic E-state index is 13.4. The Balaban J connectivity index is 3.03. The van der Waals surface area contributed by atoms with Gasteiger partial charge in [0.05, 0.1) is 6.61 Å². The molecule has 84 valence electrons. The standard InChI is InChI=1S/C12H18FNO/c1-4-14(5-6-15)11-7-9(2)12(13)10(3)8-11/h7-8,15H,4-6H2,1-3H3. The molecular formula is C12H18FNO. The van der Waals surface area contributed by atoms with Crippen LogP contribution in [0.2, 0.25) is 0 Å². The molecule has 0 spiro atoms. The number of aliphatic hydroxyl groups excluding tert-OH is 1. The van der Waals surface area contributed by atoms with E-state index in [4.69, 9.17) is 5.11 Å². The van der Waals surface area contributed by atoms with Gasteiger partial charge in [0, 0.05) is 18.8 Å². The van der Waals surface area contributed by atoms with Gasteiger partial charge in [0.25, 0.3) is 0 Å². The largest absolute Gasteiger partial charge is 0.395 e. The number of hydrogen-bond donors (Lipinski definition) is 1. The lowest BCUT2D eigenvalue weighted by molar-refractivity contribution is 0.302. The smallest absolute Gasteiger partial charge is 0.129 e. The summed E-state index contributed by atoms with van der Waals surface area (Å²) >= 11 is 0. The van der Waals surface area contributed by atoms with E-state index in [-0.39, 0.29) is 12.4 Å². The van der Waals surface area contributed by atoms with Gasteiger partial charge in [-0.15, -0.1) is 0 Å². The van der Waals surface area contributed by atoms with Crippen LogP contribution in [0.1, 0.15) is 18.1 Å². The van der Waals surface area contributed by atoms with Crippen LogP contribution in [0.25, 0.3) is 0 Å². The molecule has 0 radical (unpaired) electrons. The zero-order chi connectivity index (χ0) is 11.4. The molecule has 0 bridgehead atoms. The molecule has 0 aliphatic carbocycles. The van der Waals surface area contributed by atoms with Crippen molar-refractivity contribution in [1.29, 1.82) is 0 Å². The van der Waals surface area contributed by atoms with Gasteiger partial charge in [-0.2, -0.15) is 0 Å². The third-order valence-electron chi connectivity index (χ3n) is 2.54. The molecule has 1 aromatic rings. The Bertz CT molecular complexity index is 315. The fourth-order valence-corrected chi connectivity index (χ4v) is 1.70. The first-order valence-corrected chi connectivity index (χ1v) is 5.22. The van der Waals surface area contributed by atoms with Gasteiger partial charge in [-0.05, 0) is 44.0 Å². The second-order valence-corrected chi connectivity index (χ2v) is 3.70. The molecular weight excluding hydrogens is 193 g/mol. The first-order valence-electron chi connectivity index (χ1n) is 5.22. The fourth-order valence-electron chi connectivity index (χ4n) is 1.70. The maximum atomic E-state index is 13.4. The minimum atomic E-state index is -0.140. The number of aliphatic hydroxyl groups is 1. The third kappa shape index (κ3) is 2.69. The molecule has 0 aromatic heterocycles. The lowest BCUT2D eigenvalue weighted by atomic mass is 10.1. The molecule has 0 saturated heterocycles. The van der Waals surface area contributed by atoms with E-state index in [9.17, 15) is 4.39 Å². The number of hydrogen-bond acceptors (Lipinski definition) is 2. The van der Waals surface area contributed by atoms with E-state index < -0.39 is 0 Å². The highest BCUT2D eigenvalue weighted by Gasteiger charge is 2.08. The predicted octanol–water partition coefficient (Wildman–Crippen LogP) is 2.26. The van der Waals surface area contributed by atoms with Gasteiger partial charge >= 0.3 is 0 Å². The second kappa shape index (κ2) is 5.12. The van der Waals surface area contributed by atoms with Crippen molar-refractivity contribution in [3.05, 3.63) is 29.1 Å². The van der Waals surface area contributed by atoms with E-state index in [2.05, 4.69) is 0 Å². The Labute approximate surface area is 90.3 Å². The molecule has 1 aromatic carbocycles. The average Bonchev–Trinajstić information content (AvgIpc) is 2.22. The summed E-state index contributed by atoms with van der Waals surface area (Å²) < 4.78 is 13.4. The quantitative estimate of drug-likeness (QED) is 0.825. The number of nitrogens with zero attached hydrogens (tertiary/aromatic N) is 1. The van der Waals surface area contributed by atoms with Crippen LogP contribution < -0.4 is 4.90 Å². The van der Waals surface area contributed by atoms with Gasteiger partial charge in [-0.3, -0.25) is 0 Å². The van der Waals surface area contributed by atoms with E-state index in [1.807, 2.05) is 24.0 Å². The molecule has 0 heterocycles. The number of anilines is 1. The van der Waals surface area contributed by atoms with Crippen LogP contribution in [-0.2, 0) is 0 Å². The van der Waals surface area contributed by atoms with Crippen molar-refractivity contribution in [3.63, 3.8) is 0 Å². The minimum absolute atomic E-state index is 0.114. The number of likely N-dealkylation sites (N-methyl/N-ethyl adjacent to an activating group) is 1. The zero-order valence-corrected chi connectivity index (χ0v) is 9.55. The fraction of sp³-hybridized carbons (Fsp3) is 0.500. The van der Waals surface area contributed by atoms with E-state index in [1.165, 1.54) is 0 Å². The summed E-state index contributed by atoms with van der Waals surface area (Å²) in [7, 11) is 0. The first kappa shape index (κ1) is 12.0. The third-order valence-corrected chi connectivity index (χ3v) is 2.54. The highest BCUT2D eigenvalue weighted by molar-refractivity contribution is 5.51. The summed E-state index contributed by atoms with van der Waals surface area (Å²) in [6, 6.07) is 3.64. The number of benzene rings is 1. The summed E-state index contributed by atoms with van der Waals surface area (Å²) in [5, 5.41) is 8.91. The summed E-state index contributed by atoms with van der Waals surface area (Å²) in [5.74, 6) is -0.140. The van der Waals surface area contributed by atoms with Crippen LogP contribution >= 0.6 is 0 Å². The molecule has 1 N–H and O–H groups in total. The molecule has 0 atom stereocenters. The van der Waals surface area contributed by atoms with Crippen molar-refractivity contribution in [1.82, 2.24) is 0 Å². The van der Waals surface area contributed by atoms with E-state index in [1.54, 1.807) is 13.8 Å². The molecule has 1 rings (SSSR count). The van der Waals surface area contributed by atoms with E-state index >= 15 is 0 Å². The lowest BCUT2D eigenvalue weighted by Crippen LogP contribution is -2.26. The Morgan fingerprint density at radius 1 is 1.27 bits per heavy atom. The highest BCUT2D eigenvalue weighted by atomic mass is 19.1. The van der Waals surface area contributed by atoms with Crippen LogP contribution in [-0.4, -0.2) is 24.8 Å². The van der Waals surface area contributed by atoms with E-state index in [0.29, 0.717) is 17.7 Å². The topological polar surface area (TPSA) is 23.5 Å². The Hall–Kier alpha value is -1.09. The first-order chi connectivity index (χ1) is 7.10. The Morgan fingerprint density at radius 2 is 1.80 bits per heavy atom. The van der Waals surface area contributed by atoms with Gasteiger partial charge in [-0.25, -0.2) is 4.39 Å². The second-order valence-electron chi connectivity index (χ2n) is 3.70. The molecule has 15 heavy (non-hydrogen) atoms. The minimum Gasteiger partial charge on any atom is -0.395 e. The van der Waals surface area contributed by atoms with Crippen molar-refractivity contribution in [2.45, 2.75) is 20.8 Å². The van der Waals surface area contributed by atoms with Gasteiger partial charge in [0.1, 0.15) is 5.82 Å². The number of aryl methyl sites for hydroxylation is 2. The van der Waals surface area contributed by atoms with Crippen molar-refractivity contribution in [2.75, 3.05) is 24.6 Å². The number of halogens is 1. The lowest BCUT2D eigenvalue weighted by Gasteiger charge is -2.23. The average molecular weight is 211 g/mol. The van der Waals surface area contributed by atoms with Crippen molar-refractivity contribution >= 4 is 5.69 Å². The Kier molecular flexibility index (Phi) is 4.09. The molecule has 0 fully saturated rings. The SMILES string of the molecule is CCN(CCO)c1cc(C)c(F)c(C)c1. The molecule has 0 amide bonds. The molecule has 0 aliphatic rings. The van der Waals surface area contributed by atoms with Gasteiger partial charge in [0.15, 0.2) is 0 Å². The van der Waals surface area contributed by atoms with Crippen LogP contribution in [0.5, 0.6) is 0 Å². The molecule has 2 nitrogen and oxygen atoms in total. The van der Waals surface area contributed by atoms with Crippen molar-refractivity contribution in [3.8, 4) is 0 Å². The number of rotatable bonds is 4. The normalized spacial score (nSPS) is 10.5. The summed E-state index contributed by atoms with van der Waals surface area (Å²) in [6.45, 7) is 7.05. The predicted molar refractivity (Wildman–Crippen MR) is 60.8 cm³/mol. The zero-order valence-electron chi connectivity index (χ0n) is 9.55. The van der Waals surface area contributed by atoms with Crippen LogP contribution in [0.15, 0.2) is 12.1 Å². The van der Waals surface area contributed by atoms with Crippen molar-refractivity contribution < 1.29 is 9.50 Å². The summed E-state index contributed by atoms with van der Waals surface area (Å²) in [4.78, 5) is 2.03. The van der Waals surface area contributed by atoms with Gasteiger partial charge in [0.2, 0.25) is 0 Å². The maximum Gasteiger partial charge on any atom is 0.129 e. The van der Waals surface area contributed by atoms with Crippen LogP contribution in [0.3, 0.4) is 0 Å². The van der Waals surface area contributed by atoms with Gasteiger partial charge < -0.3 is 10.0 Å². The molecule has 3 heteroatoms. The molecule has 0 saturated carbocycles. The van der Waals surface area contributed by atoms with E-state index in [0.717, 1.165) is 12.2 Å². The summed E-state index contributed by atoms with van der Waals surface area (Å²) in [5.41, 5.74) is 2.28. The summed E-state index contributed by atoms with van der Waals surface area (Å²) in [6.07, 6.45) is 0. The highest BCUT2D eigenvalue weighted by Crippen LogP contribution is 2.21. The Morgan fingerprint density at radius 3 is 2.20 bits per heavy atom. The van der Waals surface area contributed by atoms with Gasteiger partial charge in [-0.1, -0.05) is 0 Å². The molecule has 0 unspecified atom stereocenters. The monoisotopic (exact) mass is 211 g/mol.